The summed E-state index contributed by atoms with van der Waals surface area (Å²) in [6, 6.07) is 8.41. The minimum Gasteiger partial charge on any atom is -0.326 e. The Kier molecular flexibility index (Phi) is 6.57. The van der Waals surface area contributed by atoms with Crippen LogP contribution in [0.5, 0.6) is 0 Å². The van der Waals surface area contributed by atoms with Crippen molar-refractivity contribution in [3.63, 3.8) is 0 Å². The summed E-state index contributed by atoms with van der Waals surface area (Å²) in [6.07, 6.45) is 1.62. The Morgan fingerprint density at radius 3 is 2.32 bits per heavy atom. The van der Waals surface area contributed by atoms with Gasteiger partial charge in [-0.05, 0) is 37.1 Å². The van der Waals surface area contributed by atoms with Gasteiger partial charge in [0.25, 0.3) is 0 Å². The van der Waals surface area contributed by atoms with Crippen LogP contribution in [0.2, 0.25) is 0 Å². The average molecular weight is 262 g/mol. The molecule has 2 atom stereocenters. The highest BCUT2D eigenvalue weighted by Crippen LogP contribution is 2.16. The average Bonchev–Trinajstić information content (AvgIpc) is 2.39. The van der Waals surface area contributed by atoms with Crippen molar-refractivity contribution in [1.29, 1.82) is 0 Å². The van der Waals surface area contributed by atoms with Crippen LogP contribution in [0.25, 0.3) is 0 Å². The van der Waals surface area contributed by atoms with Crippen LogP contribution in [0, 0.1) is 5.92 Å². The van der Waals surface area contributed by atoms with Gasteiger partial charge in [0.05, 0.1) is 0 Å². The number of nitrogens with one attached hydrogen (secondary N) is 2. The van der Waals surface area contributed by atoms with E-state index in [1.54, 1.807) is 0 Å². The van der Waals surface area contributed by atoms with Gasteiger partial charge in [-0.2, -0.15) is 0 Å². The molecule has 0 fully saturated rings. The van der Waals surface area contributed by atoms with Crippen molar-refractivity contribution in [2.24, 2.45) is 5.92 Å². The normalized spacial score (nSPS) is 13.9. The first kappa shape index (κ1) is 15.7. The molecule has 3 heteroatoms. The fraction of sp³-hybridized carbons (Fsp3) is 0.562. The van der Waals surface area contributed by atoms with E-state index >= 15 is 0 Å². The van der Waals surface area contributed by atoms with Gasteiger partial charge in [-0.3, -0.25) is 4.79 Å². The molecule has 0 bridgehead atoms. The predicted molar refractivity (Wildman–Crippen MR) is 81.2 cm³/mol. The number of anilines is 1. The van der Waals surface area contributed by atoms with E-state index in [9.17, 15) is 4.79 Å². The van der Waals surface area contributed by atoms with Crippen molar-refractivity contribution in [2.75, 3.05) is 11.9 Å². The molecule has 0 aliphatic carbocycles. The van der Waals surface area contributed by atoms with Crippen LogP contribution >= 0.6 is 0 Å². The molecule has 2 N–H and O–H groups in total. The number of hydrogen-bond donors (Lipinski definition) is 2. The largest absolute Gasteiger partial charge is 0.326 e. The van der Waals surface area contributed by atoms with Gasteiger partial charge in [0, 0.05) is 18.2 Å². The monoisotopic (exact) mass is 262 g/mol. The number of amides is 1. The zero-order chi connectivity index (χ0) is 14.3. The van der Waals surface area contributed by atoms with Crippen molar-refractivity contribution in [1.82, 2.24) is 5.32 Å². The van der Waals surface area contributed by atoms with Gasteiger partial charge in [0.15, 0.2) is 0 Å². The number of hydrogen-bond acceptors (Lipinski definition) is 2. The molecule has 19 heavy (non-hydrogen) atoms. The van der Waals surface area contributed by atoms with Crippen LogP contribution in [0.15, 0.2) is 24.3 Å². The first-order valence-electron chi connectivity index (χ1n) is 7.20. The molecular formula is C16H26N2O. The number of carbonyl (C=O) groups is 1. The van der Waals surface area contributed by atoms with E-state index in [2.05, 4.69) is 50.5 Å². The molecule has 3 nitrogen and oxygen atoms in total. The second kappa shape index (κ2) is 7.95. The van der Waals surface area contributed by atoms with Gasteiger partial charge in [0.2, 0.25) is 5.91 Å². The molecule has 0 spiro atoms. The topological polar surface area (TPSA) is 41.1 Å². The Morgan fingerprint density at radius 2 is 1.79 bits per heavy atom. The molecule has 1 amide bonds. The quantitative estimate of drug-likeness (QED) is 0.786. The molecule has 0 aromatic heterocycles. The van der Waals surface area contributed by atoms with Gasteiger partial charge in [-0.15, -0.1) is 0 Å². The maximum atomic E-state index is 11.8. The minimum absolute atomic E-state index is 0.0989. The molecule has 0 aliphatic heterocycles. The van der Waals surface area contributed by atoms with E-state index in [0.717, 1.165) is 18.7 Å². The van der Waals surface area contributed by atoms with Crippen LogP contribution in [-0.2, 0) is 4.79 Å². The van der Waals surface area contributed by atoms with Crippen LogP contribution in [0.4, 0.5) is 5.69 Å². The lowest BCUT2D eigenvalue weighted by atomic mass is 10.0. The zero-order valence-corrected chi connectivity index (χ0v) is 12.5. The summed E-state index contributed by atoms with van der Waals surface area (Å²) in [5.41, 5.74) is 2.11. The summed E-state index contributed by atoms with van der Waals surface area (Å²) >= 11 is 0. The maximum Gasteiger partial charge on any atom is 0.224 e. The van der Waals surface area contributed by atoms with E-state index in [-0.39, 0.29) is 5.91 Å². The van der Waals surface area contributed by atoms with Crippen LogP contribution in [-0.4, -0.2) is 12.5 Å². The third-order valence-electron chi connectivity index (χ3n) is 3.44. The molecule has 0 saturated carbocycles. The smallest absolute Gasteiger partial charge is 0.224 e. The first-order chi connectivity index (χ1) is 9.06. The Hall–Kier alpha value is -1.35. The third-order valence-corrected chi connectivity index (χ3v) is 3.44. The number of rotatable bonds is 7. The molecule has 1 aromatic carbocycles. The molecule has 0 heterocycles. The van der Waals surface area contributed by atoms with Crippen molar-refractivity contribution >= 4 is 11.6 Å². The summed E-state index contributed by atoms with van der Waals surface area (Å²) in [5.74, 6) is 0.537. The molecule has 1 aromatic rings. The van der Waals surface area contributed by atoms with Gasteiger partial charge < -0.3 is 10.6 Å². The third kappa shape index (κ3) is 5.43. The lowest BCUT2D eigenvalue weighted by Crippen LogP contribution is -2.18. The summed E-state index contributed by atoms with van der Waals surface area (Å²) in [5, 5.41) is 6.31. The number of benzene rings is 1. The van der Waals surface area contributed by atoms with Crippen molar-refractivity contribution < 1.29 is 4.79 Å². The van der Waals surface area contributed by atoms with Gasteiger partial charge in [-0.25, -0.2) is 0 Å². The molecule has 0 radical (unpaired) electrons. The lowest BCUT2D eigenvalue weighted by molar-refractivity contribution is -0.117. The van der Waals surface area contributed by atoms with Crippen molar-refractivity contribution in [2.45, 2.75) is 46.6 Å². The first-order valence-corrected chi connectivity index (χ1v) is 7.20. The SMILES string of the molecule is CCNC(C)c1ccc(NC(=O)CC(C)CC)cc1. The van der Waals surface area contributed by atoms with Gasteiger partial charge in [0.1, 0.15) is 0 Å². The second-order valence-electron chi connectivity index (χ2n) is 5.17. The molecule has 2 unspecified atom stereocenters. The fourth-order valence-corrected chi connectivity index (χ4v) is 1.95. The molecular weight excluding hydrogens is 236 g/mol. The van der Waals surface area contributed by atoms with E-state index < -0.39 is 0 Å². The van der Waals surface area contributed by atoms with E-state index in [4.69, 9.17) is 0 Å². The van der Waals surface area contributed by atoms with E-state index in [1.807, 2.05) is 12.1 Å². The van der Waals surface area contributed by atoms with Crippen LogP contribution in [0.1, 0.15) is 52.1 Å². The van der Waals surface area contributed by atoms with Crippen LogP contribution in [0.3, 0.4) is 0 Å². The van der Waals surface area contributed by atoms with E-state index in [1.165, 1.54) is 5.56 Å². The second-order valence-corrected chi connectivity index (χ2v) is 5.17. The summed E-state index contributed by atoms with van der Waals surface area (Å²) in [4.78, 5) is 11.8. The highest BCUT2D eigenvalue weighted by molar-refractivity contribution is 5.90. The van der Waals surface area contributed by atoms with Gasteiger partial charge in [-0.1, -0.05) is 39.3 Å². The maximum absolute atomic E-state index is 11.8. The predicted octanol–water partition coefficient (Wildman–Crippen LogP) is 3.73. The molecule has 0 aliphatic rings. The summed E-state index contributed by atoms with van der Waals surface area (Å²) in [7, 11) is 0. The van der Waals surface area contributed by atoms with Crippen LogP contribution < -0.4 is 10.6 Å². The molecule has 106 valence electrons. The Bertz CT molecular complexity index is 386. The summed E-state index contributed by atoms with van der Waals surface area (Å²) in [6.45, 7) is 9.39. The molecule has 1 rings (SSSR count). The standard InChI is InChI=1S/C16H26N2O/c1-5-12(3)11-16(19)18-15-9-7-14(8-10-15)13(4)17-6-2/h7-10,12-13,17H,5-6,11H2,1-4H3,(H,18,19). The Balaban J connectivity index is 2.54. The highest BCUT2D eigenvalue weighted by Gasteiger charge is 2.08. The van der Waals surface area contributed by atoms with Crippen molar-refractivity contribution in [3.8, 4) is 0 Å². The van der Waals surface area contributed by atoms with E-state index in [0.29, 0.717) is 18.4 Å². The van der Waals surface area contributed by atoms with Crippen molar-refractivity contribution in [3.05, 3.63) is 29.8 Å². The Labute approximate surface area is 116 Å². The highest BCUT2D eigenvalue weighted by atomic mass is 16.1. The van der Waals surface area contributed by atoms with Gasteiger partial charge >= 0.3 is 0 Å². The minimum atomic E-state index is 0.0989. The Morgan fingerprint density at radius 1 is 1.16 bits per heavy atom. The lowest BCUT2D eigenvalue weighted by Gasteiger charge is -2.14. The summed E-state index contributed by atoms with van der Waals surface area (Å²) < 4.78 is 0. The zero-order valence-electron chi connectivity index (χ0n) is 12.5. The fourth-order valence-electron chi connectivity index (χ4n) is 1.95. The number of carbonyl (C=O) groups excluding carboxylic acids is 1. The molecule has 0 saturated heterocycles.